The highest BCUT2D eigenvalue weighted by molar-refractivity contribution is 5.98. The summed E-state index contributed by atoms with van der Waals surface area (Å²) in [6.45, 7) is 5.40. The molecule has 1 amide bonds. The van der Waals surface area contributed by atoms with E-state index in [-0.39, 0.29) is 17.6 Å². The smallest absolute Gasteiger partial charge is 0.255 e. The largest absolute Gasteiger partial charge is 0.494 e. The minimum atomic E-state index is -0.419. The summed E-state index contributed by atoms with van der Waals surface area (Å²) in [6, 6.07) is 4.91. The molecule has 1 aromatic carbocycles. The summed E-state index contributed by atoms with van der Waals surface area (Å²) in [4.78, 5) is 17.5. The molecule has 0 radical (unpaired) electrons. The van der Waals surface area contributed by atoms with Crippen molar-refractivity contribution in [3.8, 4) is 5.75 Å². The summed E-state index contributed by atoms with van der Waals surface area (Å²) in [6.07, 6.45) is 18.6. The van der Waals surface area contributed by atoms with Crippen LogP contribution in [0.25, 0.3) is 5.57 Å². The fraction of sp³-hybridized carbons (Fsp3) is 0.500. The fourth-order valence-corrected chi connectivity index (χ4v) is 5.67. The van der Waals surface area contributed by atoms with Crippen LogP contribution in [0.5, 0.6) is 5.75 Å². The summed E-state index contributed by atoms with van der Waals surface area (Å²) >= 11 is 0. The lowest BCUT2D eigenvalue weighted by Crippen LogP contribution is -2.31. The van der Waals surface area contributed by atoms with Crippen molar-refractivity contribution in [2.24, 2.45) is 17.8 Å². The maximum Gasteiger partial charge on any atom is 0.255 e. The predicted octanol–water partition coefficient (Wildman–Crippen LogP) is 6.92. The minimum Gasteiger partial charge on any atom is -0.494 e. The van der Waals surface area contributed by atoms with Gasteiger partial charge in [-0.1, -0.05) is 51.7 Å². The number of carbonyl (C=O) groups is 1. The first-order valence-electron chi connectivity index (χ1n) is 13.1. The lowest BCUT2D eigenvalue weighted by molar-refractivity contribution is -0.122. The van der Waals surface area contributed by atoms with Crippen LogP contribution >= 0.6 is 0 Å². The minimum absolute atomic E-state index is 0.0876. The van der Waals surface area contributed by atoms with Gasteiger partial charge in [-0.15, -0.1) is 0 Å². The molecule has 35 heavy (non-hydrogen) atoms. The number of ether oxygens (including phenoxy) is 1. The molecule has 0 spiro atoms. The van der Waals surface area contributed by atoms with Crippen molar-refractivity contribution in [2.45, 2.75) is 58.8 Å². The molecule has 1 aliphatic carbocycles. The Morgan fingerprint density at radius 3 is 2.66 bits per heavy atom. The number of nitrogens with zero attached hydrogens (tertiary/aromatic N) is 2. The van der Waals surface area contributed by atoms with Crippen LogP contribution in [0.15, 0.2) is 60.1 Å². The average Bonchev–Trinajstić information content (AvgIpc) is 3.09. The number of benzene rings is 1. The quantitative estimate of drug-likeness (QED) is 0.416. The highest BCUT2D eigenvalue weighted by Gasteiger charge is 2.25. The molecular formula is C30H39FN2O2. The molecule has 2 aliphatic heterocycles. The summed E-state index contributed by atoms with van der Waals surface area (Å²) in [7, 11) is 3.59. The number of hydrogen-bond donors (Lipinski definition) is 0. The highest BCUT2D eigenvalue weighted by Crippen LogP contribution is 2.34. The first-order chi connectivity index (χ1) is 16.9. The van der Waals surface area contributed by atoms with E-state index in [0.29, 0.717) is 11.5 Å². The third kappa shape index (κ3) is 5.88. The van der Waals surface area contributed by atoms with Crippen LogP contribution in [0.1, 0.15) is 64.4 Å². The van der Waals surface area contributed by atoms with Crippen molar-refractivity contribution >= 4 is 11.5 Å². The number of rotatable bonds is 6. The average molecular weight is 479 g/mol. The summed E-state index contributed by atoms with van der Waals surface area (Å²) in [5, 5.41) is 0. The van der Waals surface area contributed by atoms with Crippen molar-refractivity contribution in [3.63, 3.8) is 0 Å². The molecule has 0 bridgehead atoms. The Morgan fingerprint density at radius 2 is 1.94 bits per heavy atom. The van der Waals surface area contributed by atoms with Crippen LogP contribution in [0, 0.1) is 23.6 Å². The molecule has 1 fully saturated rings. The zero-order valence-electron chi connectivity index (χ0n) is 21.6. The van der Waals surface area contributed by atoms with E-state index in [0.717, 1.165) is 35.9 Å². The van der Waals surface area contributed by atoms with Gasteiger partial charge in [0, 0.05) is 31.6 Å². The van der Waals surface area contributed by atoms with Gasteiger partial charge in [-0.3, -0.25) is 9.69 Å². The van der Waals surface area contributed by atoms with E-state index in [9.17, 15) is 9.18 Å². The van der Waals surface area contributed by atoms with Crippen LogP contribution in [-0.4, -0.2) is 36.4 Å². The van der Waals surface area contributed by atoms with E-state index in [2.05, 4.69) is 37.9 Å². The molecule has 1 saturated carbocycles. The Bertz CT molecular complexity index is 1050. The number of methoxy groups -OCH3 is 1. The summed E-state index contributed by atoms with van der Waals surface area (Å²) in [5.41, 5.74) is 3.50. The number of carbonyl (C=O) groups excluding carboxylic acids is 1. The fourth-order valence-electron chi connectivity index (χ4n) is 5.67. The van der Waals surface area contributed by atoms with Crippen LogP contribution < -0.4 is 4.74 Å². The molecule has 188 valence electrons. The van der Waals surface area contributed by atoms with Crippen molar-refractivity contribution in [3.05, 3.63) is 71.5 Å². The van der Waals surface area contributed by atoms with Gasteiger partial charge in [-0.2, -0.15) is 0 Å². The zero-order chi connectivity index (χ0) is 24.9. The van der Waals surface area contributed by atoms with E-state index in [4.69, 9.17) is 4.74 Å². The molecular weight excluding hydrogens is 439 g/mol. The molecule has 0 saturated heterocycles. The van der Waals surface area contributed by atoms with Gasteiger partial charge in [0.2, 0.25) is 0 Å². The normalized spacial score (nSPS) is 24.9. The highest BCUT2D eigenvalue weighted by atomic mass is 19.1. The molecule has 1 aromatic rings. The van der Waals surface area contributed by atoms with E-state index >= 15 is 0 Å². The Balaban J connectivity index is 1.54. The zero-order valence-corrected chi connectivity index (χ0v) is 21.6. The van der Waals surface area contributed by atoms with Crippen LogP contribution in [0.2, 0.25) is 0 Å². The van der Waals surface area contributed by atoms with Crippen LogP contribution in [-0.2, 0) is 4.79 Å². The maximum absolute atomic E-state index is 14.4. The van der Waals surface area contributed by atoms with Gasteiger partial charge in [0.25, 0.3) is 5.91 Å². The Kier molecular flexibility index (Phi) is 8.15. The van der Waals surface area contributed by atoms with Crippen molar-refractivity contribution in [1.29, 1.82) is 0 Å². The van der Waals surface area contributed by atoms with Gasteiger partial charge in [0.05, 0.1) is 12.8 Å². The van der Waals surface area contributed by atoms with Gasteiger partial charge < -0.3 is 9.64 Å². The number of hydrogen-bond acceptors (Lipinski definition) is 3. The van der Waals surface area contributed by atoms with E-state index in [1.165, 1.54) is 51.7 Å². The van der Waals surface area contributed by atoms with Gasteiger partial charge in [0.15, 0.2) is 11.6 Å². The summed E-state index contributed by atoms with van der Waals surface area (Å²) < 4.78 is 19.5. The second-order valence-electron chi connectivity index (χ2n) is 10.4. The number of amides is 1. The Morgan fingerprint density at radius 1 is 1.17 bits per heavy atom. The second-order valence-corrected chi connectivity index (χ2v) is 10.4. The van der Waals surface area contributed by atoms with Crippen LogP contribution in [0.4, 0.5) is 4.39 Å². The van der Waals surface area contributed by atoms with E-state index in [1.54, 1.807) is 17.0 Å². The molecule has 3 unspecified atom stereocenters. The second kappa shape index (κ2) is 11.3. The number of allylic oxidation sites excluding steroid dienone is 4. The predicted molar refractivity (Wildman–Crippen MR) is 140 cm³/mol. The van der Waals surface area contributed by atoms with Gasteiger partial charge in [-0.05, 0) is 72.4 Å². The molecule has 4 nitrogen and oxygen atoms in total. The third-order valence-corrected chi connectivity index (χ3v) is 7.87. The van der Waals surface area contributed by atoms with Gasteiger partial charge in [-0.25, -0.2) is 4.39 Å². The summed E-state index contributed by atoms with van der Waals surface area (Å²) in [5.74, 6) is 1.30. The van der Waals surface area contributed by atoms with E-state index in [1.807, 2.05) is 18.3 Å². The monoisotopic (exact) mass is 478 g/mol. The molecule has 0 aromatic heterocycles. The topological polar surface area (TPSA) is 32.8 Å². The van der Waals surface area contributed by atoms with Gasteiger partial charge in [0.1, 0.15) is 0 Å². The number of halogens is 1. The molecule has 3 atom stereocenters. The van der Waals surface area contributed by atoms with E-state index < -0.39 is 5.82 Å². The maximum atomic E-state index is 14.4. The lowest BCUT2D eigenvalue weighted by Gasteiger charge is -2.32. The molecule has 0 N–H and O–H groups in total. The van der Waals surface area contributed by atoms with Crippen LogP contribution in [0.3, 0.4) is 0 Å². The molecule has 2 heterocycles. The van der Waals surface area contributed by atoms with Crippen molar-refractivity contribution < 1.29 is 13.9 Å². The lowest BCUT2D eigenvalue weighted by atomic mass is 9.89. The SMILES string of the molecule is CCC1CCCCC(CN(C)C2=CN3C(=O)C=C(c4ccc(OC)c(F)c4)C(C)CC=C3C=C2)C1. The molecule has 3 aliphatic rings. The van der Waals surface area contributed by atoms with Crippen molar-refractivity contribution in [1.82, 2.24) is 9.80 Å². The standard InChI is InChI=1S/C30H39FN2O2/c1-5-22-8-6-7-9-23(16-22)19-32(3)26-14-13-25-12-10-21(2)27(18-30(34)33(25)20-26)24-11-15-29(35-4)28(31)17-24/h11-15,17-18,20-23H,5-10,16,19H2,1-4H3. The van der Waals surface area contributed by atoms with Gasteiger partial charge >= 0.3 is 0 Å². The number of fused-ring (bicyclic) bond motifs is 1. The third-order valence-electron chi connectivity index (χ3n) is 7.87. The first-order valence-corrected chi connectivity index (χ1v) is 13.1. The Labute approximate surface area is 209 Å². The van der Waals surface area contributed by atoms with Crippen molar-refractivity contribution in [2.75, 3.05) is 20.7 Å². The molecule has 5 heteroatoms. The first kappa shape index (κ1) is 25.3. The molecule has 4 rings (SSSR count). The number of likely N-dealkylation sites (N-methyl/N-ethyl adjacent to an activating group) is 1. The Hall–Kier alpha value is -2.82.